The van der Waals surface area contributed by atoms with Gasteiger partial charge in [-0.25, -0.2) is 0 Å². The molecule has 5 nitrogen and oxygen atoms in total. The SMILES string of the molecule is Cc1cc(C)cc(NC(=O)CN2C(=O)C3CCCC3=Nc3cc(C)c(C)cc32)c1. The fraction of sp³-hybridized carbons (Fsp3) is 0.375. The lowest BCUT2D eigenvalue weighted by Crippen LogP contribution is -2.42. The molecule has 1 saturated carbocycles. The second-order valence-corrected chi connectivity index (χ2v) is 8.32. The van der Waals surface area contributed by atoms with Gasteiger partial charge in [0, 0.05) is 11.4 Å². The summed E-state index contributed by atoms with van der Waals surface area (Å²) in [5.74, 6) is -0.426. The normalized spacial score (nSPS) is 18.1. The molecule has 1 unspecified atom stereocenters. The van der Waals surface area contributed by atoms with Gasteiger partial charge in [0.25, 0.3) is 0 Å². The van der Waals surface area contributed by atoms with Crippen molar-refractivity contribution in [3.63, 3.8) is 0 Å². The predicted octanol–water partition coefficient (Wildman–Crippen LogP) is 4.78. The monoisotopic (exact) mass is 389 g/mol. The highest BCUT2D eigenvalue weighted by atomic mass is 16.2. The second-order valence-electron chi connectivity index (χ2n) is 8.32. The molecule has 4 rings (SSSR count). The van der Waals surface area contributed by atoms with Gasteiger partial charge in [0.15, 0.2) is 0 Å². The van der Waals surface area contributed by atoms with Crippen molar-refractivity contribution in [2.24, 2.45) is 10.9 Å². The molecule has 1 heterocycles. The number of carbonyl (C=O) groups excluding carboxylic acids is 2. The van der Waals surface area contributed by atoms with Crippen LogP contribution < -0.4 is 10.2 Å². The summed E-state index contributed by atoms with van der Waals surface area (Å²) in [6, 6.07) is 9.95. The maximum atomic E-state index is 13.3. The molecule has 2 amide bonds. The van der Waals surface area contributed by atoms with Crippen molar-refractivity contribution < 1.29 is 9.59 Å². The fourth-order valence-corrected chi connectivity index (χ4v) is 4.34. The minimum atomic E-state index is -0.211. The van der Waals surface area contributed by atoms with Gasteiger partial charge in [-0.3, -0.25) is 14.6 Å². The zero-order valence-corrected chi connectivity index (χ0v) is 17.5. The van der Waals surface area contributed by atoms with Gasteiger partial charge in [0.05, 0.1) is 17.3 Å². The Morgan fingerprint density at radius 1 is 1.07 bits per heavy atom. The lowest BCUT2D eigenvalue weighted by atomic mass is 10.0. The molecule has 0 bridgehead atoms. The number of rotatable bonds is 3. The summed E-state index contributed by atoms with van der Waals surface area (Å²) in [6.07, 6.45) is 2.63. The van der Waals surface area contributed by atoms with Gasteiger partial charge in [-0.2, -0.15) is 0 Å². The number of aryl methyl sites for hydroxylation is 4. The smallest absolute Gasteiger partial charge is 0.244 e. The first-order valence-electron chi connectivity index (χ1n) is 10.2. The summed E-state index contributed by atoms with van der Waals surface area (Å²) in [7, 11) is 0. The molecule has 0 radical (unpaired) electrons. The molecule has 0 spiro atoms. The highest BCUT2D eigenvalue weighted by molar-refractivity contribution is 6.17. The molecule has 150 valence electrons. The number of hydrogen-bond donors (Lipinski definition) is 1. The first kappa shape index (κ1) is 19.4. The summed E-state index contributed by atoms with van der Waals surface area (Å²) in [5.41, 5.74) is 7.64. The molecule has 1 N–H and O–H groups in total. The van der Waals surface area contributed by atoms with Crippen LogP contribution in [0.25, 0.3) is 0 Å². The third kappa shape index (κ3) is 3.82. The van der Waals surface area contributed by atoms with Crippen molar-refractivity contribution in [3.8, 4) is 0 Å². The van der Waals surface area contributed by atoms with E-state index in [4.69, 9.17) is 4.99 Å². The lowest BCUT2D eigenvalue weighted by Gasteiger charge is -2.25. The molecule has 1 fully saturated rings. The molecule has 0 saturated heterocycles. The number of amides is 2. The first-order chi connectivity index (χ1) is 13.8. The van der Waals surface area contributed by atoms with Crippen LogP contribution >= 0.6 is 0 Å². The number of nitrogens with zero attached hydrogens (tertiary/aromatic N) is 2. The van der Waals surface area contributed by atoms with E-state index in [9.17, 15) is 9.59 Å². The Kier molecular flexibility index (Phi) is 4.99. The summed E-state index contributed by atoms with van der Waals surface area (Å²) in [6.45, 7) is 8.06. The summed E-state index contributed by atoms with van der Waals surface area (Å²) < 4.78 is 0. The fourth-order valence-electron chi connectivity index (χ4n) is 4.34. The molecule has 0 aromatic heterocycles. The highest BCUT2D eigenvalue weighted by Crippen LogP contribution is 2.39. The Morgan fingerprint density at radius 3 is 2.48 bits per heavy atom. The quantitative estimate of drug-likeness (QED) is 0.821. The summed E-state index contributed by atoms with van der Waals surface area (Å²) in [4.78, 5) is 32.7. The van der Waals surface area contributed by atoms with Crippen LogP contribution in [-0.2, 0) is 9.59 Å². The van der Waals surface area contributed by atoms with Crippen LogP contribution in [0.1, 0.15) is 41.5 Å². The maximum absolute atomic E-state index is 13.3. The van der Waals surface area contributed by atoms with Gasteiger partial charge in [-0.15, -0.1) is 0 Å². The predicted molar refractivity (Wildman–Crippen MR) is 117 cm³/mol. The molecule has 2 aliphatic rings. The first-order valence-corrected chi connectivity index (χ1v) is 10.2. The van der Waals surface area contributed by atoms with Crippen LogP contribution in [0.4, 0.5) is 17.1 Å². The molecule has 2 aromatic rings. The molecular formula is C24H27N3O2. The maximum Gasteiger partial charge on any atom is 0.244 e. The third-order valence-corrected chi connectivity index (χ3v) is 5.84. The van der Waals surface area contributed by atoms with Gasteiger partial charge in [-0.05, 0) is 93.5 Å². The van der Waals surface area contributed by atoms with E-state index < -0.39 is 0 Å². The van der Waals surface area contributed by atoms with Gasteiger partial charge in [0.2, 0.25) is 11.8 Å². The van der Waals surface area contributed by atoms with Crippen molar-refractivity contribution in [1.29, 1.82) is 0 Å². The van der Waals surface area contributed by atoms with Crippen LogP contribution in [-0.4, -0.2) is 24.1 Å². The largest absolute Gasteiger partial charge is 0.325 e. The average Bonchev–Trinajstić information content (AvgIpc) is 3.06. The number of benzene rings is 2. The van der Waals surface area contributed by atoms with Crippen LogP contribution in [0.2, 0.25) is 0 Å². The van der Waals surface area contributed by atoms with E-state index in [0.717, 1.165) is 64.3 Å². The zero-order valence-electron chi connectivity index (χ0n) is 17.5. The molecule has 5 heteroatoms. The molecule has 1 aliphatic heterocycles. The molecule has 29 heavy (non-hydrogen) atoms. The molecule has 1 aliphatic carbocycles. The minimum Gasteiger partial charge on any atom is -0.325 e. The second kappa shape index (κ2) is 7.47. The van der Waals surface area contributed by atoms with Crippen molar-refractivity contribution >= 4 is 34.6 Å². The Labute approximate surface area is 171 Å². The number of fused-ring (bicyclic) bond motifs is 2. The molecule has 1 atom stereocenters. The Morgan fingerprint density at radius 2 is 1.76 bits per heavy atom. The summed E-state index contributed by atoms with van der Waals surface area (Å²) >= 11 is 0. The van der Waals surface area contributed by atoms with Gasteiger partial charge >= 0.3 is 0 Å². The third-order valence-electron chi connectivity index (χ3n) is 5.84. The lowest BCUT2D eigenvalue weighted by molar-refractivity contribution is -0.122. The van der Waals surface area contributed by atoms with Crippen molar-refractivity contribution in [2.75, 3.05) is 16.8 Å². The van der Waals surface area contributed by atoms with Crippen LogP contribution in [0.15, 0.2) is 35.3 Å². The summed E-state index contributed by atoms with van der Waals surface area (Å²) in [5, 5.41) is 2.96. The number of aliphatic imine (C=N–C) groups is 1. The number of anilines is 2. The van der Waals surface area contributed by atoms with Gasteiger partial charge in [-0.1, -0.05) is 6.07 Å². The number of nitrogens with one attached hydrogen (secondary N) is 1. The van der Waals surface area contributed by atoms with E-state index in [0.29, 0.717) is 0 Å². The minimum absolute atomic E-state index is 0.0133. The van der Waals surface area contributed by atoms with Crippen LogP contribution in [0.5, 0.6) is 0 Å². The van der Waals surface area contributed by atoms with Gasteiger partial charge in [0.1, 0.15) is 6.54 Å². The Hall–Kier alpha value is -2.95. The van der Waals surface area contributed by atoms with Crippen molar-refractivity contribution in [3.05, 3.63) is 52.6 Å². The topological polar surface area (TPSA) is 61.8 Å². The number of carbonyl (C=O) groups is 2. The number of hydrogen-bond acceptors (Lipinski definition) is 3. The molecular weight excluding hydrogens is 362 g/mol. The average molecular weight is 389 g/mol. The van der Waals surface area contributed by atoms with E-state index in [1.807, 2.05) is 52.0 Å². The Bertz CT molecular complexity index is 1020. The Balaban J connectivity index is 1.66. The van der Waals surface area contributed by atoms with Gasteiger partial charge < -0.3 is 10.2 Å². The van der Waals surface area contributed by atoms with E-state index in [1.165, 1.54) is 0 Å². The van der Waals surface area contributed by atoms with E-state index in [1.54, 1.807) is 4.90 Å². The standard InChI is InChI=1S/C24H27N3O2/c1-14-8-15(2)10-18(9-14)25-23(28)13-27-22-12-17(4)16(3)11-21(22)26-20-7-5-6-19(20)24(27)29/h8-12,19H,5-7,13H2,1-4H3,(H,25,28). The van der Waals surface area contributed by atoms with Crippen molar-refractivity contribution in [2.45, 2.75) is 47.0 Å². The van der Waals surface area contributed by atoms with E-state index >= 15 is 0 Å². The van der Waals surface area contributed by atoms with Crippen LogP contribution in [0.3, 0.4) is 0 Å². The molecule has 2 aromatic carbocycles. The zero-order chi connectivity index (χ0) is 20.7. The van der Waals surface area contributed by atoms with E-state index in [-0.39, 0.29) is 24.3 Å². The van der Waals surface area contributed by atoms with Crippen molar-refractivity contribution in [1.82, 2.24) is 0 Å². The highest BCUT2D eigenvalue weighted by Gasteiger charge is 2.37. The van der Waals surface area contributed by atoms with E-state index in [2.05, 4.69) is 11.4 Å². The van der Waals surface area contributed by atoms with Crippen LogP contribution in [0, 0.1) is 33.6 Å².